The number of hydrogen-bond donors (Lipinski definition) is 1. The molecule has 0 saturated carbocycles. The standard InChI is InChI=1S/C17H19N3O5S/c1-3-24-15(21)8-13-11-26-17(19-13)20-18-9-12-4-6-14(7-5-12)25-10-16(22)23-2/h4-7,9,11H,3,8,10H2,1-2H3,(H,19,20). The third kappa shape index (κ3) is 6.52. The lowest BCUT2D eigenvalue weighted by Gasteiger charge is -2.04. The lowest BCUT2D eigenvalue weighted by atomic mass is 10.2. The van der Waals surface area contributed by atoms with Crippen LogP contribution in [0.2, 0.25) is 0 Å². The number of thiazole rings is 1. The minimum atomic E-state index is -0.439. The van der Waals surface area contributed by atoms with E-state index < -0.39 is 5.97 Å². The number of benzene rings is 1. The van der Waals surface area contributed by atoms with Crippen molar-refractivity contribution in [2.75, 3.05) is 25.7 Å². The van der Waals surface area contributed by atoms with Crippen molar-refractivity contribution in [1.29, 1.82) is 0 Å². The van der Waals surface area contributed by atoms with Crippen LogP contribution in [0.3, 0.4) is 0 Å². The largest absolute Gasteiger partial charge is 0.482 e. The Kier molecular flexibility index (Phi) is 7.56. The molecule has 0 bridgehead atoms. The SMILES string of the molecule is CCOC(=O)Cc1csc(NN=Cc2ccc(OCC(=O)OC)cc2)n1. The average Bonchev–Trinajstić information content (AvgIpc) is 3.08. The van der Waals surface area contributed by atoms with Crippen LogP contribution in [0.1, 0.15) is 18.2 Å². The molecule has 2 aromatic rings. The van der Waals surface area contributed by atoms with Gasteiger partial charge in [-0.1, -0.05) is 0 Å². The lowest BCUT2D eigenvalue weighted by Crippen LogP contribution is -2.12. The van der Waals surface area contributed by atoms with E-state index in [1.54, 1.807) is 42.8 Å². The van der Waals surface area contributed by atoms with Crippen LogP contribution >= 0.6 is 11.3 Å². The summed E-state index contributed by atoms with van der Waals surface area (Å²) in [6, 6.07) is 7.05. The molecule has 0 amide bonds. The lowest BCUT2D eigenvalue weighted by molar-refractivity contribution is -0.143. The van der Waals surface area contributed by atoms with Gasteiger partial charge in [0.15, 0.2) is 6.61 Å². The first-order valence-electron chi connectivity index (χ1n) is 7.79. The number of aromatic nitrogens is 1. The normalized spacial score (nSPS) is 10.5. The van der Waals surface area contributed by atoms with Crippen molar-refractivity contribution in [1.82, 2.24) is 4.98 Å². The molecular weight excluding hydrogens is 358 g/mol. The van der Waals surface area contributed by atoms with Gasteiger partial charge in [-0.25, -0.2) is 9.78 Å². The number of methoxy groups -OCH3 is 1. The summed E-state index contributed by atoms with van der Waals surface area (Å²) in [6.45, 7) is 1.98. The Morgan fingerprint density at radius 3 is 2.73 bits per heavy atom. The highest BCUT2D eigenvalue weighted by molar-refractivity contribution is 7.13. The van der Waals surface area contributed by atoms with Gasteiger partial charge in [-0.2, -0.15) is 5.10 Å². The molecule has 9 heteroatoms. The van der Waals surface area contributed by atoms with Crippen molar-refractivity contribution in [3.8, 4) is 5.75 Å². The maximum absolute atomic E-state index is 11.4. The Hall–Kier alpha value is -2.94. The van der Waals surface area contributed by atoms with Gasteiger partial charge in [0.25, 0.3) is 0 Å². The summed E-state index contributed by atoms with van der Waals surface area (Å²) in [5, 5.41) is 6.46. The Labute approximate surface area is 154 Å². The molecule has 1 N–H and O–H groups in total. The zero-order valence-corrected chi connectivity index (χ0v) is 15.2. The summed E-state index contributed by atoms with van der Waals surface area (Å²) in [4.78, 5) is 26.7. The second-order valence-electron chi connectivity index (χ2n) is 4.93. The molecule has 8 nitrogen and oxygen atoms in total. The summed E-state index contributed by atoms with van der Waals surface area (Å²) in [5.41, 5.74) is 4.29. The third-order valence-corrected chi connectivity index (χ3v) is 3.82. The molecule has 1 aromatic carbocycles. The zero-order chi connectivity index (χ0) is 18.8. The van der Waals surface area contributed by atoms with E-state index in [0.717, 1.165) is 5.56 Å². The number of hydrogen-bond acceptors (Lipinski definition) is 9. The second kappa shape index (κ2) is 10.1. The molecule has 0 spiro atoms. The van der Waals surface area contributed by atoms with Crippen LogP contribution in [0.25, 0.3) is 0 Å². The average molecular weight is 377 g/mol. The molecule has 0 saturated heterocycles. The number of hydrazone groups is 1. The van der Waals surface area contributed by atoms with Crippen molar-refractivity contribution in [2.24, 2.45) is 5.10 Å². The van der Waals surface area contributed by atoms with Crippen LogP contribution < -0.4 is 10.2 Å². The van der Waals surface area contributed by atoms with Gasteiger partial charge in [-0.3, -0.25) is 10.2 Å². The number of rotatable bonds is 9. The topological polar surface area (TPSA) is 99.1 Å². The molecule has 26 heavy (non-hydrogen) atoms. The van der Waals surface area contributed by atoms with Crippen molar-refractivity contribution in [3.63, 3.8) is 0 Å². The highest BCUT2D eigenvalue weighted by Gasteiger charge is 2.07. The molecule has 1 heterocycles. The van der Waals surface area contributed by atoms with Gasteiger partial charge in [-0.15, -0.1) is 11.3 Å². The van der Waals surface area contributed by atoms with Gasteiger partial charge in [0, 0.05) is 5.38 Å². The van der Waals surface area contributed by atoms with Gasteiger partial charge in [0.1, 0.15) is 5.75 Å². The fourth-order valence-corrected chi connectivity index (χ4v) is 2.47. The smallest absolute Gasteiger partial charge is 0.343 e. The molecular formula is C17H19N3O5S. The van der Waals surface area contributed by atoms with Crippen LogP contribution in [0.5, 0.6) is 5.75 Å². The van der Waals surface area contributed by atoms with E-state index in [-0.39, 0.29) is 19.0 Å². The quantitative estimate of drug-likeness (QED) is 0.406. The monoisotopic (exact) mass is 377 g/mol. The van der Waals surface area contributed by atoms with Crippen molar-refractivity contribution in [2.45, 2.75) is 13.3 Å². The van der Waals surface area contributed by atoms with E-state index in [4.69, 9.17) is 9.47 Å². The van der Waals surface area contributed by atoms with Crippen LogP contribution in [0.15, 0.2) is 34.7 Å². The van der Waals surface area contributed by atoms with E-state index in [1.165, 1.54) is 18.4 Å². The van der Waals surface area contributed by atoms with Gasteiger partial charge in [0.05, 0.1) is 32.0 Å². The van der Waals surface area contributed by atoms with Crippen LogP contribution in [-0.2, 0) is 25.5 Å². The maximum atomic E-state index is 11.4. The summed E-state index contributed by atoms with van der Waals surface area (Å²) < 4.78 is 14.6. The van der Waals surface area contributed by atoms with Crippen molar-refractivity contribution >= 4 is 34.6 Å². The molecule has 0 unspecified atom stereocenters. The number of nitrogens with zero attached hydrogens (tertiary/aromatic N) is 2. The molecule has 0 aliphatic rings. The fraction of sp³-hybridized carbons (Fsp3) is 0.294. The highest BCUT2D eigenvalue weighted by atomic mass is 32.1. The molecule has 0 fully saturated rings. The minimum Gasteiger partial charge on any atom is -0.482 e. The molecule has 2 rings (SSSR count). The highest BCUT2D eigenvalue weighted by Crippen LogP contribution is 2.16. The van der Waals surface area contributed by atoms with E-state index in [2.05, 4.69) is 20.2 Å². The zero-order valence-electron chi connectivity index (χ0n) is 14.4. The van der Waals surface area contributed by atoms with Crippen molar-refractivity contribution in [3.05, 3.63) is 40.9 Å². The van der Waals surface area contributed by atoms with Crippen molar-refractivity contribution < 1.29 is 23.8 Å². The number of anilines is 1. The molecule has 0 radical (unpaired) electrons. The minimum absolute atomic E-state index is 0.135. The molecule has 0 aliphatic heterocycles. The molecule has 1 aromatic heterocycles. The Morgan fingerprint density at radius 1 is 1.27 bits per heavy atom. The van der Waals surface area contributed by atoms with Crippen LogP contribution in [0, 0.1) is 0 Å². The number of carbonyl (C=O) groups is 2. The predicted molar refractivity (Wildman–Crippen MR) is 97.6 cm³/mol. The van der Waals surface area contributed by atoms with E-state index in [1.807, 2.05) is 0 Å². The summed E-state index contributed by atoms with van der Waals surface area (Å²) in [5.74, 6) is -0.183. The fourth-order valence-electron chi connectivity index (χ4n) is 1.81. The Morgan fingerprint density at radius 2 is 2.04 bits per heavy atom. The second-order valence-corrected chi connectivity index (χ2v) is 5.79. The number of esters is 2. The van der Waals surface area contributed by atoms with Crippen LogP contribution in [0.4, 0.5) is 5.13 Å². The van der Waals surface area contributed by atoms with Gasteiger partial charge >= 0.3 is 11.9 Å². The first-order valence-corrected chi connectivity index (χ1v) is 8.67. The van der Waals surface area contributed by atoms with E-state index in [9.17, 15) is 9.59 Å². The predicted octanol–water partition coefficient (Wildman–Crippen LogP) is 2.25. The molecule has 0 aliphatic carbocycles. The Bertz CT molecular complexity index is 758. The summed E-state index contributed by atoms with van der Waals surface area (Å²) >= 11 is 1.35. The van der Waals surface area contributed by atoms with Crippen LogP contribution in [-0.4, -0.2) is 43.5 Å². The Balaban J connectivity index is 1.82. The number of ether oxygens (including phenoxy) is 3. The first kappa shape index (κ1) is 19.4. The first-order chi connectivity index (χ1) is 12.6. The molecule has 0 atom stereocenters. The van der Waals surface area contributed by atoms with Gasteiger partial charge in [0.2, 0.25) is 5.13 Å². The number of nitrogens with one attached hydrogen (secondary N) is 1. The van der Waals surface area contributed by atoms with Gasteiger partial charge in [-0.05, 0) is 36.8 Å². The molecule has 138 valence electrons. The maximum Gasteiger partial charge on any atom is 0.343 e. The summed E-state index contributed by atoms with van der Waals surface area (Å²) in [6.07, 6.45) is 1.76. The third-order valence-electron chi connectivity index (χ3n) is 3.02. The van der Waals surface area contributed by atoms with E-state index >= 15 is 0 Å². The summed E-state index contributed by atoms with van der Waals surface area (Å²) in [7, 11) is 1.31. The van der Waals surface area contributed by atoms with E-state index in [0.29, 0.717) is 23.2 Å². The number of carbonyl (C=O) groups excluding carboxylic acids is 2. The van der Waals surface area contributed by atoms with Gasteiger partial charge < -0.3 is 14.2 Å².